The van der Waals surface area contributed by atoms with E-state index in [0.717, 1.165) is 0 Å². The maximum absolute atomic E-state index is 9.02. The van der Waals surface area contributed by atoms with E-state index in [0.29, 0.717) is 0 Å². The second kappa shape index (κ2) is 6.03. The van der Waals surface area contributed by atoms with Gasteiger partial charge in [0.25, 0.3) is 0 Å². The van der Waals surface area contributed by atoms with Crippen LogP contribution < -0.4 is 35.5 Å². The Kier molecular flexibility index (Phi) is 10.2. The van der Waals surface area contributed by atoms with Crippen LogP contribution in [0.15, 0.2) is 0 Å². The van der Waals surface area contributed by atoms with Crippen LogP contribution in [0.3, 0.4) is 0 Å². The summed E-state index contributed by atoms with van der Waals surface area (Å²) in [5.41, 5.74) is 0. The van der Waals surface area contributed by atoms with Gasteiger partial charge in [-0.25, -0.2) is 14.4 Å². The van der Waals surface area contributed by atoms with Crippen molar-refractivity contribution < 1.29 is 42.6 Å². The van der Waals surface area contributed by atoms with Gasteiger partial charge in [-0.15, -0.1) is 0 Å². The zero-order valence-electron chi connectivity index (χ0n) is 3.21. The SMILES string of the molecule is NOS(=O)[O-].[Na+]. The molecule has 0 saturated carbocycles. The van der Waals surface area contributed by atoms with Gasteiger partial charge in [-0.3, -0.25) is 0 Å². The molecule has 0 aliphatic heterocycles. The summed E-state index contributed by atoms with van der Waals surface area (Å²) in [6.07, 6.45) is 0. The molecular weight excluding hydrogens is 117 g/mol. The molecule has 0 aliphatic rings. The van der Waals surface area contributed by atoms with Gasteiger partial charge in [0.05, 0.1) is 0 Å². The second-order valence-electron chi connectivity index (χ2n) is 0.300. The normalized spacial score (nSPS) is 12.3. The molecular formula is H2NNaO3S. The minimum atomic E-state index is -2.54. The third-order valence-corrected chi connectivity index (χ3v) is 0.236. The monoisotopic (exact) mass is 119 g/mol. The molecule has 0 fully saturated rings. The molecule has 0 rings (SSSR count). The van der Waals surface area contributed by atoms with Crippen LogP contribution in [0, 0.1) is 0 Å². The fraction of sp³-hybridized carbons (Fsp3) is 0. The average Bonchev–Trinajstić information content (AvgIpc) is 1.38. The predicted molar refractivity (Wildman–Crippen MR) is 14.2 cm³/mol. The zero-order chi connectivity index (χ0) is 4.28. The molecule has 1 atom stereocenters. The van der Waals surface area contributed by atoms with Crippen molar-refractivity contribution in [3.8, 4) is 0 Å². The van der Waals surface area contributed by atoms with E-state index in [9.17, 15) is 0 Å². The number of hydrogen-bond donors (Lipinski definition) is 1. The maximum atomic E-state index is 9.02. The van der Waals surface area contributed by atoms with E-state index < -0.39 is 11.4 Å². The van der Waals surface area contributed by atoms with Crippen molar-refractivity contribution in [2.45, 2.75) is 0 Å². The molecule has 1 unspecified atom stereocenters. The molecule has 0 radical (unpaired) electrons. The minimum Gasteiger partial charge on any atom is -0.748 e. The van der Waals surface area contributed by atoms with Gasteiger partial charge in [-0.1, -0.05) is 0 Å². The van der Waals surface area contributed by atoms with Crippen LogP contribution >= 0.6 is 0 Å². The van der Waals surface area contributed by atoms with Crippen molar-refractivity contribution in [2.24, 2.45) is 5.90 Å². The van der Waals surface area contributed by atoms with Crippen LogP contribution in [0.4, 0.5) is 0 Å². The van der Waals surface area contributed by atoms with E-state index >= 15 is 0 Å². The zero-order valence-corrected chi connectivity index (χ0v) is 6.03. The van der Waals surface area contributed by atoms with Crippen molar-refractivity contribution in [2.75, 3.05) is 0 Å². The average molecular weight is 119 g/mol. The van der Waals surface area contributed by atoms with Gasteiger partial charge in [0.1, 0.15) is 11.4 Å². The number of rotatable bonds is 1. The van der Waals surface area contributed by atoms with Gasteiger partial charge in [-0.05, 0) is 0 Å². The van der Waals surface area contributed by atoms with Gasteiger partial charge in [0.15, 0.2) is 0 Å². The van der Waals surface area contributed by atoms with Crippen LogP contribution in [-0.2, 0) is 15.6 Å². The van der Waals surface area contributed by atoms with Crippen molar-refractivity contribution >= 4 is 11.4 Å². The first-order chi connectivity index (χ1) is 2.27. The molecule has 6 heteroatoms. The second-order valence-corrected chi connectivity index (χ2v) is 0.901. The first-order valence-electron chi connectivity index (χ1n) is 0.736. The summed E-state index contributed by atoms with van der Waals surface area (Å²) in [5.74, 6) is 4.06. The van der Waals surface area contributed by atoms with E-state index in [-0.39, 0.29) is 29.6 Å². The molecule has 0 heterocycles. The summed E-state index contributed by atoms with van der Waals surface area (Å²) >= 11 is -2.54. The summed E-state index contributed by atoms with van der Waals surface area (Å²) in [5, 5.41) is 0. The molecule has 32 valence electrons. The molecule has 0 spiro atoms. The standard InChI is InChI=1S/H3NO3S.Na/c1-4-5(2)3;/h1H2,(H,2,3);/q;+1/p-1. The van der Waals surface area contributed by atoms with Crippen LogP contribution in [0.2, 0.25) is 0 Å². The third kappa shape index (κ3) is 8.90. The Morgan fingerprint density at radius 1 is 1.83 bits per heavy atom. The van der Waals surface area contributed by atoms with Crippen LogP contribution in [0.25, 0.3) is 0 Å². The Balaban J connectivity index is 0. The predicted octanol–water partition coefficient (Wildman–Crippen LogP) is -4.33. The third-order valence-electron chi connectivity index (χ3n) is 0.0786. The topological polar surface area (TPSA) is 75.4 Å². The Hall–Kier alpha value is 1.03. The van der Waals surface area contributed by atoms with Gasteiger partial charge >= 0.3 is 29.6 Å². The van der Waals surface area contributed by atoms with Gasteiger partial charge in [-0.2, -0.15) is 0 Å². The summed E-state index contributed by atoms with van der Waals surface area (Å²) in [4.78, 5) is 0. The molecule has 0 aromatic rings. The van der Waals surface area contributed by atoms with Crippen molar-refractivity contribution in [3.63, 3.8) is 0 Å². The summed E-state index contributed by atoms with van der Waals surface area (Å²) in [7, 11) is 0. The van der Waals surface area contributed by atoms with E-state index in [1.54, 1.807) is 0 Å². The van der Waals surface area contributed by atoms with E-state index in [4.69, 9.17) is 8.76 Å². The maximum Gasteiger partial charge on any atom is 1.00 e. The van der Waals surface area contributed by atoms with Gasteiger partial charge in [0.2, 0.25) is 0 Å². The fourth-order valence-electron chi connectivity index (χ4n) is 0. The van der Waals surface area contributed by atoms with E-state index in [1.165, 1.54) is 0 Å². The molecule has 6 heavy (non-hydrogen) atoms. The first kappa shape index (κ1) is 10.1. The largest absolute Gasteiger partial charge is 1.00 e. The number of nitrogens with two attached hydrogens (primary N) is 1. The molecule has 0 aromatic heterocycles. The number of hydrogen-bond acceptors (Lipinski definition) is 4. The summed E-state index contributed by atoms with van der Waals surface area (Å²) in [6.45, 7) is 0. The Morgan fingerprint density at radius 3 is 2.00 bits per heavy atom. The molecule has 0 amide bonds. The quantitative estimate of drug-likeness (QED) is 0.215. The van der Waals surface area contributed by atoms with Gasteiger partial charge < -0.3 is 4.55 Å². The summed E-state index contributed by atoms with van der Waals surface area (Å²) < 4.78 is 21.2. The Bertz CT molecular complexity index is 46.1. The minimum absolute atomic E-state index is 0. The van der Waals surface area contributed by atoms with Crippen LogP contribution in [0.5, 0.6) is 0 Å². The molecule has 4 nitrogen and oxygen atoms in total. The van der Waals surface area contributed by atoms with Crippen LogP contribution in [0.1, 0.15) is 0 Å². The molecule has 0 aliphatic carbocycles. The molecule has 2 N–H and O–H groups in total. The van der Waals surface area contributed by atoms with Gasteiger partial charge in [0, 0.05) is 0 Å². The van der Waals surface area contributed by atoms with E-state index in [1.807, 2.05) is 0 Å². The Labute approximate surface area is 59.8 Å². The molecule has 0 aromatic carbocycles. The van der Waals surface area contributed by atoms with Crippen LogP contribution in [-0.4, -0.2) is 8.76 Å². The van der Waals surface area contributed by atoms with Crippen molar-refractivity contribution in [1.29, 1.82) is 0 Å². The fourth-order valence-corrected chi connectivity index (χ4v) is 0. The first-order valence-corrected chi connectivity index (χ1v) is 1.74. The summed E-state index contributed by atoms with van der Waals surface area (Å²) in [6, 6.07) is 0. The smallest absolute Gasteiger partial charge is 0.748 e. The Morgan fingerprint density at radius 2 is 2.00 bits per heavy atom. The van der Waals surface area contributed by atoms with Crippen molar-refractivity contribution in [1.82, 2.24) is 0 Å². The molecule has 0 bridgehead atoms. The van der Waals surface area contributed by atoms with Crippen molar-refractivity contribution in [3.05, 3.63) is 0 Å². The molecule has 0 saturated heterocycles. The van der Waals surface area contributed by atoms with E-state index in [2.05, 4.69) is 10.2 Å².